The van der Waals surface area contributed by atoms with Gasteiger partial charge in [0.25, 0.3) is 0 Å². The lowest BCUT2D eigenvalue weighted by molar-refractivity contribution is 0.0449. The minimum absolute atomic E-state index is 0.125. The summed E-state index contributed by atoms with van der Waals surface area (Å²) in [6.45, 7) is 4.50. The fraction of sp³-hybridized carbons (Fsp3) is 0.615. The molecule has 1 aromatic rings. The van der Waals surface area contributed by atoms with Crippen LogP contribution in [0.4, 0.5) is 0 Å². The van der Waals surface area contributed by atoms with Gasteiger partial charge in [0.2, 0.25) is 0 Å². The van der Waals surface area contributed by atoms with E-state index in [0.29, 0.717) is 12.8 Å². The summed E-state index contributed by atoms with van der Waals surface area (Å²) in [5.74, 6) is -4.79. The highest BCUT2D eigenvalue weighted by Crippen LogP contribution is 2.21. The number of carboxylic acids is 2. The molecule has 0 unspecified atom stereocenters. The summed E-state index contributed by atoms with van der Waals surface area (Å²) in [4.78, 5) is 48.4. The lowest BCUT2D eigenvalue weighted by Crippen LogP contribution is -2.19. The zero-order chi connectivity index (χ0) is 25.3. The van der Waals surface area contributed by atoms with Gasteiger partial charge in [-0.1, -0.05) is 78.1 Å². The number of carboxylic acid groups (broad SMARTS) is 2. The zero-order valence-electron chi connectivity index (χ0n) is 20.4. The normalized spacial score (nSPS) is 10.6. The second kappa shape index (κ2) is 16.7. The first-order chi connectivity index (χ1) is 16.3. The van der Waals surface area contributed by atoms with Gasteiger partial charge < -0.3 is 19.7 Å². The monoisotopic (exact) mass is 478 g/mol. The highest BCUT2D eigenvalue weighted by molar-refractivity contribution is 6.09. The average Bonchev–Trinajstić information content (AvgIpc) is 2.81. The van der Waals surface area contributed by atoms with E-state index in [4.69, 9.17) is 9.47 Å². The molecule has 2 N–H and O–H groups in total. The van der Waals surface area contributed by atoms with Crippen LogP contribution in [0.15, 0.2) is 12.1 Å². The number of unbranched alkanes of at least 4 members (excludes halogenated alkanes) is 10. The highest BCUT2D eigenvalue weighted by Gasteiger charge is 2.27. The van der Waals surface area contributed by atoms with Crippen molar-refractivity contribution in [3.05, 3.63) is 34.4 Å². The third-order valence-electron chi connectivity index (χ3n) is 5.52. The maximum Gasteiger partial charge on any atom is 0.339 e. The first kappa shape index (κ1) is 29.1. The number of rotatable bonds is 18. The van der Waals surface area contributed by atoms with Crippen LogP contribution in [-0.2, 0) is 9.47 Å². The summed E-state index contributed by atoms with van der Waals surface area (Å²) in [5, 5.41) is 18.8. The van der Waals surface area contributed by atoms with Crippen LogP contribution in [0.5, 0.6) is 0 Å². The van der Waals surface area contributed by atoms with Gasteiger partial charge in [0.15, 0.2) is 0 Å². The molecule has 0 bridgehead atoms. The average molecular weight is 479 g/mol. The van der Waals surface area contributed by atoms with Crippen LogP contribution in [0.3, 0.4) is 0 Å². The summed E-state index contributed by atoms with van der Waals surface area (Å²) >= 11 is 0. The molecule has 0 aliphatic carbocycles. The Morgan fingerprint density at radius 2 is 0.882 bits per heavy atom. The van der Waals surface area contributed by atoms with Crippen molar-refractivity contribution < 1.29 is 38.9 Å². The number of ether oxygens (including phenoxy) is 2. The molecular formula is C26H38O8. The Bertz CT molecular complexity index is 748. The van der Waals surface area contributed by atoms with Crippen molar-refractivity contribution in [2.45, 2.75) is 90.9 Å². The number of carbonyl (C=O) groups is 4. The van der Waals surface area contributed by atoms with Crippen LogP contribution < -0.4 is 0 Å². The summed E-state index contributed by atoms with van der Waals surface area (Å²) in [7, 11) is 0. The van der Waals surface area contributed by atoms with Crippen LogP contribution in [0.1, 0.15) is 132 Å². The first-order valence-corrected chi connectivity index (χ1v) is 12.3. The van der Waals surface area contributed by atoms with E-state index < -0.39 is 35.0 Å². The summed E-state index contributed by atoms with van der Waals surface area (Å²) in [6, 6.07) is 1.77. The van der Waals surface area contributed by atoms with Crippen molar-refractivity contribution in [3.63, 3.8) is 0 Å². The van der Waals surface area contributed by atoms with Crippen molar-refractivity contribution in [1.29, 1.82) is 0 Å². The zero-order valence-corrected chi connectivity index (χ0v) is 20.4. The van der Waals surface area contributed by atoms with Crippen molar-refractivity contribution in [3.8, 4) is 0 Å². The molecule has 0 radical (unpaired) electrons. The number of hydrogen-bond acceptors (Lipinski definition) is 6. The Balaban J connectivity index is 2.90. The van der Waals surface area contributed by atoms with E-state index in [-0.39, 0.29) is 24.3 Å². The molecule has 0 heterocycles. The molecule has 0 fully saturated rings. The van der Waals surface area contributed by atoms with Gasteiger partial charge in [0.1, 0.15) is 0 Å². The van der Waals surface area contributed by atoms with E-state index in [1.165, 1.54) is 0 Å². The molecular weight excluding hydrogens is 440 g/mol. The standard InChI is InChI=1S/C26H38O8/c1-3-5-7-9-11-13-15-33-25(31)21-17-19(23(27)28)20(24(29)30)18-22(21)26(32)34-16-14-12-10-8-6-4-2/h17-18H,3-16H2,1-2H3,(H,27,28)(H,29,30). The van der Waals surface area contributed by atoms with Gasteiger partial charge in [-0.15, -0.1) is 0 Å². The van der Waals surface area contributed by atoms with E-state index in [0.717, 1.165) is 76.3 Å². The Kier molecular flexibility index (Phi) is 14.3. The van der Waals surface area contributed by atoms with Gasteiger partial charge in [-0.2, -0.15) is 0 Å². The Morgan fingerprint density at radius 1 is 0.559 bits per heavy atom. The Morgan fingerprint density at radius 3 is 1.21 bits per heavy atom. The second-order valence-electron chi connectivity index (χ2n) is 8.36. The predicted molar refractivity (Wildman–Crippen MR) is 128 cm³/mol. The van der Waals surface area contributed by atoms with Crippen LogP contribution in [0.2, 0.25) is 0 Å². The van der Waals surface area contributed by atoms with Crippen molar-refractivity contribution in [2.24, 2.45) is 0 Å². The molecule has 1 rings (SSSR count). The molecule has 0 aromatic heterocycles. The SMILES string of the molecule is CCCCCCCCOC(=O)c1cc(C(=O)O)c(C(=O)O)cc1C(=O)OCCCCCCCC. The summed E-state index contributed by atoms with van der Waals surface area (Å²) < 4.78 is 10.5. The van der Waals surface area contributed by atoms with Crippen molar-refractivity contribution >= 4 is 23.9 Å². The Hall–Kier alpha value is -2.90. The smallest absolute Gasteiger partial charge is 0.339 e. The molecule has 8 nitrogen and oxygen atoms in total. The molecule has 34 heavy (non-hydrogen) atoms. The van der Waals surface area contributed by atoms with Gasteiger partial charge in [-0.3, -0.25) is 0 Å². The predicted octanol–water partition coefficient (Wildman–Crippen LogP) is 6.12. The van der Waals surface area contributed by atoms with Gasteiger partial charge in [0, 0.05) is 0 Å². The lowest BCUT2D eigenvalue weighted by atomic mass is 9.98. The van der Waals surface area contributed by atoms with E-state index in [1.54, 1.807) is 0 Å². The fourth-order valence-corrected chi connectivity index (χ4v) is 3.54. The van der Waals surface area contributed by atoms with Crippen LogP contribution in [0, 0.1) is 0 Å². The van der Waals surface area contributed by atoms with E-state index in [1.807, 2.05) is 0 Å². The van der Waals surface area contributed by atoms with Crippen LogP contribution >= 0.6 is 0 Å². The van der Waals surface area contributed by atoms with Gasteiger partial charge in [-0.05, 0) is 25.0 Å². The minimum Gasteiger partial charge on any atom is -0.478 e. The molecule has 0 atom stereocenters. The molecule has 0 saturated carbocycles. The van der Waals surface area contributed by atoms with Crippen LogP contribution in [0.25, 0.3) is 0 Å². The van der Waals surface area contributed by atoms with Crippen LogP contribution in [-0.4, -0.2) is 47.3 Å². The maximum atomic E-state index is 12.7. The topological polar surface area (TPSA) is 127 Å². The summed E-state index contributed by atoms with van der Waals surface area (Å²) in [6.07, 6.45) is 11.9. The number of esters is 2. The highest BCUT2D eigenvalue weighted by atomic mass is 16.5. The van der Waals surface area contributed by atoms with Gasteiger partial charge in [0.05, 0.1) is 35.5 Å². The first-order valence-electron chi connectivity index (χ1n) is 12.3. The largest absolute Gasteiger partial charge is 0.478 e. The molecule has 8 heteroatoms. The third kappa shape index (κ3) is 10.4. The number of carbonyl (C=O) groups excluding carboxylic acids is 2. The molecule has 0 saturated heterocycles. The van der Waals surface area contributed by atoms with E-state index >= 15 is 0 Å². The Labute approximate surface area is 201 Å². The van der Waals surface area contributed by atoms with Gasteiger partial charge >= 0.3 is 23.9 Å². The fourth-order valence-electron chi connectivity index (χ4n) is 3.54. The molecule has 0 aliphatic heterocycles. The van der Waals surface area contributed by atoms with Gasteiger partial charge in [-0.25, -0.2) is 19.2 Å². The third-order valence-corrected chi connectivity index (χ3v) is 5.52. The van der Waals surface area contributed by atoms with Crippen molar-refractivity contribution in [1.82, 2.24) is 0 Å². The second-order valence-corrected chi connectivity index (χ2v) is 8.36. The molecule has 0 aliphatic rings. The summed E-state index contributed by atoms with van der Waals surface area (Å²) in [5.41, 5.74) is -1.79. The number of benzene rings is 1. The molecule has 0 spiro atoms. The molecule has 190 valence electrons. The maximum absolute atomic E-state index is 12.7. The van der Waals surface area contributed by atoms with E-state index in [2.05, 4.69) is 13.8 Å². The lowest BCUT2D eigenvalue weighted by Gasteiger charge is -2.13. The van der Waals surface area contributed by atoms with Crippen molar-refractivity contribution in [2.75, 3.05) is 13.2 Å². The minimum atomic E-state index is -1.52. The molecule has 0 amide bonds. The number of aromatic carboxylic acids is 2. The van der Waals surface area contributed by atoms with E-state index in [9.17, 15) is 29.4 Å². The molecule has 1 aromatic carbocycles. The number of hydrogen-bond donors (Lipinski definition) is 2. The quantitative estimate of drug-likeness (QED) is 0.191.